The van der Waals surface area contributed by atoms with E-state index in [0.717, 1.165) is 12.7 Å². The number of carbonyl (C=O) groups is 1. The molecule has 0 spiro atoms. The van der Waals surface area contributed by atoms with Gasteiger partial charge in [0.1, 0.15) is 18.8 Å². The molecular weight excluding hydrogens is 250 g/mol. The van der Waals surface area contributed by atoms with Crippen LogP contribution in [0.2, 0.25) is 0 Å². The first-order chi connectivity index (χ1) is 9.13. The maximum atomic E-state index is 11.1. The lowest BCUT2D eigenvalue weighted by Crippen LogP contribution is -2.42. The van der Waals surface area contributed by atoms with Crippen molar-refractivity contribution in [3.8, 4) is 0 Å². The summed E-state index contributed by atoms with van der Waals surface area (Å²) in [7, 11) is 1.14. The summed E-state index contributed by atoms with van der Waals surface area (Å²) >= 11 is 0. The molecule has 1 aliphatic rings. The molecule has 0 aromatic heterocycles. The Balaban J connectivity index is 2.08. The van der Waals surface area contributed by atoms with Gasteiger partial charge in [-0.15, -0.1) is 0 Å². The number of ether oxygens (including phenoxy) is 2. The molecule has 6 nitrogen and oxygen atoms in total. The van der Waals surface area contributed by atoms with Crippen LogP contribution in [0.1, 0.15) is 5.56 Å². The van der Waals surface area contributed by atoms with Gasteiger partial charge in [0.05, 0.1) is 7.11 Å². The number of esters is 1. The van der Waals surface area contributed by atoms with Gasteiger partial charge in [0, 0.05) is 5.56 Å². The van der Waals surface area contributed by atoms with Gasteiger partial charge in [-0.05, 0) is 12.1 Å². The molecule has 1 heterocycles. The predicted molar refractivity (Wildman–Crippen MR) is 66.7 cm³/mol. The summed E-state index contributed by atoms with van der Waals surface area (Å²) < 4.78 is 9.73. The number of nitrogens with zero attached hydrogens (tertiary/aromatic N) is 1. The smallest absolute Gasteiger partial charge is 0.337 e. The van der Waals surface area contributed by atoms with Crippen LogP contribution < -0.4 is 0 Å². The summed E-state index contributed by atoms with van der Waals surface area (Å²) in [5.41, 5.74) is 0.782. The third-order valence-corrected chi connectivity index (χ3v) is 2.86. The van der Waals surface area contributed by atoms with E-state index in [0.29, 0.717) is 5.90 Å². The van der Waals surface area contributed by atoms with Crippen LogP contribution in [-0.4, -0.2) is 54.0 Å². The third kappa shape index (κ3) is 2.91. The van der Waals surface area contributed by atoms with Crippen LogP contribution in [0.15, 0.2) is 35.3 Å². The third-order valence-electron chi connectivity index (χ3n) is 2.86. The van der Waals surface area contributed by atoms with Gasteiger partial charge >= 0.3 is 5.97 Å². The average molecular weight is 265 g/mol. The maximum Gasteiger partial charge on any atom is 0.337 e. The molecule has 0 fully saturated rings. The summed E-state index contributed by atoms with van der Waals surface area (Å²) in [5.74, 6) is -0.502. The predicted octanol–water partition coefficient (Wildman–Crippen LogP) is -0.273. The Morgan fingerprint density at radius 1 is 1.42 bits per heavy atom. The molecule has 1 aliphatic heterocycles. The number of aliphatic imine (C=N–C) groups is 1. The topological polar surface area (TPSA) is 88.4 Å². The van der Waals surface area contributed by atoms with Crippen LogP contribution in [0.3, 0.4) is 0 Å². The fourth-order valence-electron chi connectivity index (χ4n) is 1.77. The SMILES string of the molecule is COC(=O)[C@@H](O)[C@H](O)[C@H]1COC(c2ccccc2)=N1. The molecule has 6 heteroatoms. The van der Waals surface area contributed by atoms with Crippen molar-refractivity contribution in [1.29, 1.82) is 0 Å². The quantitative estimate of drug-likeness (QED) is 0.731. The zero-order valence-electron chi connectivity index (χ0n) is 10.4. The Hall–Kier alpha value is -1.92. The van der Waals surface area contributed by atoms with Gasteiger partial charge in [-0.3, -0.25) is 0 Å². The minimum atomic E-state index is -1.63. The lowest BCUT2D eigenvalue weighted by molar-refractivity contribution is -0.157. The van der Waals surface area contributed by atoms with Crippen molar-refractivity contribution in [2.24, 2.45) is 4.99 Å². The van der Waals surface area contributed by atoms with Crippen LogP contribution in [0.25, 0.3) is 0 Å². The molecule has 0 saturated carbocycles. The Labute approximate surface area is 110 Å². The van der Waals surface area contributed by atoms with E-state index < -0.39 is 24.2 Å². The zero-order chi connectivity index (χ0) is 13.8. The molecule has 102 valence electrons. The second-order valence-electron chi connectivity index (χ2n) is 4.14. The van der Waals surface area contributed by atoms with Gasteiger partial charge in [-0.1, -0.05) is 18.2 Å². The molecule has 0 unspecified atom stereocenters. The maximum absolute atomic E-state index is 11.1. The van der Waals surface area contributed by atoms with Crippen molar-refractivity contribution < 1.29 is 24.5 Å². The van der Waals surface area contributed by atoms with Crippen LogP contribution >= 0.6 is 0 Å². The highest BCUT2D eigenvalue weighted by Crippen LogP contribution is 2.16. The van der Waals surface area contributed by atoms with Crippen LogP contribution in [0.5, 0.6) is 0 Å². The second kappa shape index (κ2) is 5.81. The van der Waals surface area contributed by atoms with E-state index in [2.05, 4.69) is 9.73 Å². The Morgan fingerprint density at radius 3 is 2.74 bits per heavy atom. The molecule has 0 amide bonds. The van der Waals surface area contributed by atoms with E-state index in [4.69, 9.17) is 4.74 Å². The summed E-state index contributed by atoms with van der Waals surface area (Å²) in [4.78, 5) is 15.3. The zero-order valence-corrected chi connectivity index (χ0v) is 10.4. The fraction of sp³-hybridized carbons (Fsp3) is 0.385. The number of benzene rings is 1. The average Bonchev–Trinajstić information content (AvgIpc) is 2.95. The van der Waals surface area contributed by atoms with Gasteiger partial charge in [0.25, 0.3) is 0 Å². The summed E-state index contributed by atoms with van der Waals surface area (Å²) in [6.07, 6.45) is -2.98. The van der Waals surface area contributed by atoms with Crippen molar-refractivity contribution in [3.63, 3.8) is 0 Å². The van der Waals surface area contributed by atoms with Crippen LogP contribution in [0.4, 0.5) is 0 Å². The summed E-state index contributed by atoms with van der Waals surface area (Å²) in [5, 5.41) is 19.4. The lowest BCUT2D eigenvalue weighted by atomic mass is 10.1. The Morgan fingerprint density at radius 2 is 2.11 bits per heavy atom. The molecular formula is C13H15NO5. The molecule has 1 aromatic rings. The first kappa shape index (κ1) is 13.5. The van der Waals surface area contributed by atoms with E-state index in [-0.39, 0.29) is 6.61 Å². The summed E-state index contributed by atoms with van der Waals surface area (Å²) in [6.45, 7) is 0.111. The monoisotopic (exact) mass is 265 g/mol. The summed E-state index contributed by atoms with van der Waals surface area (Å²) in [6, 6.07) is 8.51. The highest BCUT2D eigenvalue weighted by molar-refractivity contribution is 5.95. The standard InChI is InChI=1S/C13H15NO5/c1-18-13(17)11(16)10(15)9-7-19-12(14-9)8-5-3-2-4-6-8/h2-6,9-11,15-16H,7H2,1H3/t9-,10-,11+/m1/s1. The number of methoxy groups -OCH3 is 1. The largest absolute Gasteiger partial charge is 0.475 e. The Kier molecular flexibility index (Phi) is 4.13. The number of aliphatic hydroxyl groups excluding tert-OH is 2. The number of rotatable bonds is 4. The number of hydrogen-bond donors (Lipinski definition) is 2. The highest BCUT2D eigenvalue weighted by atomic mass is 16.5. The number of aliphatic hydroxyl groups is 2. The van der Waals surface area contributed by atoms with E-state index in [1.165, 1.54) is 0 Å². The van der Waals surface area contributed by atoms with Crippen molar-refractivity contribution in [3.05, 3.63) is 35.9 Å². The van der Waals surface area contributed by atoms with Gasteiger partial charge in [-0.25, -0.2) is 9.79 Å². The van der Waals surface area contributed by atoms with Crippen LogP contribution in [-0.2, 0) is 14.3 Å². The van der Waals surface area contributed by atoms with Crippen molar-refractivity contribution in [1.82, 2.24) is 0 Å². The molecule has 0 aliphatic carbocycles. The fourth-order valence-corrected chi connectivity index (χ4v) is 1.77. The molecule has 0 bridgehead atoms. The molecule has 0 saturated heterocycles. The van der Waals surface area contributed by atoms with Gasteiger partial charge in [-0.2, -0.15) is 0 Å². The van der Waals surface area contributed by atoms with Crippen molar-refractivity contribution in [2.45, 2.75) is 18.2 Å². The molecule has 0 radical (unpaired) electrons. The molecule has 19 heavy (non-hydrogen) atoms. The number of carbonyl (C=O) groups excluding carboxylic acids is 1. The Bertz CT molecular complexity index is 473. The van der Waals surface area contributed by atoms with Gasteiger partial charge < -0.3 is 19.7 Å². The lowest BCUT2D eigenvalue weighted by Gasteiger charge is -2.18. The van der Waals surface area contributed by atoms with E-state index in [1.54, 1.807) is 0 Å². The molecule has 2 rings (SSSR count). The number of hydrogen-bond acceptors (Lipinski definition) is 6. The molecule has 2 N–H and O–H groups in total. The second-order valence-corrected chi connectivity index (χ2v) is 4.14. The van der Waals surface area contributed by atoms with Crippen molar-refractivity contribution >= 4 is 11.9 Å². The van der Waals surface area contributed by atoms with Gasteiger partial charge in [0.15, 0.2) is 6.10 Å². The molecule has 3 atom stereocenters. The minimum absolute atomic E-state index is 0.111. The first-order valence-corrected chi connectivity index (χ1v) is 5.83. The van der Waals surface area contributed by atoms with E-state index in [1.807, 2.05) is 30.3 Å². The van der Waals surface area contributed by atoms with Crippen molar-refractivity contribution in [2.75, 3.05) is 13.7 Å². The normalized spacial score (nSPS) is 21.2. The van der Waals surface area contributed by atoms with Gasteiger partial charge in [0.2, 0.25) is 5.90 Å². The minimum Gasteiger partial charge on any atom is -0.475 e. The first-order valence-electron chi connectivity index (χ1n) is 5.83. The van der Waals surface area contributed by atoms with Crippen LogP contribution in [0, 0.1) is 0 Å². The molecule has 1 aromatic carbocycles. The highest BCUT2D eigenvalue weighted by Gasteiger charge is 2.35. The van der Waals surface area contributed by atoms with E-state index in [9.17, 15) is 15.0 Å². The van der Waals surface area contributed by atoms with E-state index >= 15 is 0 Å².